The molecule has 1 saturated carbocycles. The zero-order valence-corrected chi connectivity index (χ0v) is 17.4. The van der Waals surface area contributed by atoms with Gasteiger partial charge in [-0.1, -0.05) is 25.3 Å². The first-order valence-corrected chi connectivity index (χ1v) is 12.1. The first kappa shape index (κ1) is 21.7. The van der Waals surface area contributed by atoms with Gasteiger partial charge in [0, 0.05) is 18.8 Å². The quantitative estimate of drug-likeness (QED) is 0.736. The molecule has 0 spiro atoms. The van der Waals surface area contributed by atoms with Crippen molar-refractivity contribution in [2.24, 2.45) is 0 Å². The first-order valence-electron chi connectivity index (χ1n) is 9.18. The Labute approximate surface area is 169 Å². The van der Waals surface area contributed by atoms with E-state index in [1.807, 2.05) is 0 Å². The smallest absolute Gasteiger partial charge is 0.264 e. The molecular weight excluding hydrogens is 422 g/mol. The van der Waals surface area contributed by atoms with E-state index in [2.05, 4.69) is 4.72 Å². The molecule has 1 N–H and O–H groups in total. The van der Waals surface area contributed by atoms with Crippen LogP contribution in [0.3, 0.4) is 0 Å². The molecule has 0 saturated heterocycles. The molecular formula is C19H22F2N2O4S2. The van der Waals surface area contributed by atoms with Crippen LogP contribution < -0.4 is 4.72 Å². The van der Waals surface area contributed by atoms with Gasteiger partial charge in [0.1, 0.15) is 4.90 Å². The summed E-state index contributed by atoms with van der Waals surface area (Å²) in [5, 5.41) is 0. The van der Waals surface area contributed by atoms with Crippen molar-refractivity contribution in [2.45, 2.75) is 47.9 Å². The van der Waals surface area contributed by atoms with Crippen LogP contribution in [0.15, 0.2) is 52.3 Å². The summed E-state index contributed by atoms with van der Waals surface area (Å²) in [7, 11) is -6.54. The zero-order valence-electron chi connectivity index (χ0n) is 15.8. The predicted molar refractivity (Wildman–Crippen MR) is 105 cm³/mol. The van der Waals surface area contributed by atoms with Crippen molar-refractivity contribution in [3.63, 3.8) is 0 Å². The maximum atomic E-state index is 13.8. The van der Waals surface area contributed by atoms with Crippen molar-refractivity contribution in [2.75, 3.05) is 11.8 Å². The number of hydrogen-bond acceptors (Lipinski definition) is 4. The third-order valence-electron chi connectivity index (χ3n) is 5.08. The van der Waals surface area contributed by atoms with Crippen LogP contribution in [0.2, 0.25) is 0 Å². The van der Waals surface area contributed by atoms with Crippen molar-refractivity contribution >= 4 is 25.7 Å². The fraction of sp³-hybridized carbons (Fsp3) is 0.368. The molecule has 0 atom stereocenters. The van der Waals surface area contributed by atoms with Gasteiger partial charge in [-0.3, -0.25) is 4.72 Å². The Balaban J connectivity index is 1.80. The summed E-state index contributed by atoms with van der Waals surface area (Å²) in [6.45, 7) is 0. The molecule has 2 aromatic rings. The van der Waals surface area contributed by atoms with Gasteiger partial charge in [0.15, 0.2) is 11.6 Å². The van der Waals surface area contributed by atoms with Crippen LogP contribution in [0.1, 0.15) is 32.1 Å². The van der Waals surface area contributed by atoms with Gasteiger partial charge in [0.05, 0.1) is 4.90 Å². The maximum absolute atomic E-state index is 13.8. The molecule has 29 heavy (non-hydrogen) atoms. The van der Waals surface area contributed by atoms with Gasteiger partial charge in [-0.15, -0.1) is 0 Å². The summed E-state index contributed by atoms with van der Waals surface area (Å²) in [5.74, 6) is -2.76. The van der Waals surface area contributed by atoms with E-state index in [0.717, 1.165) is 50.3 Å². The minimum Gasteiger partial charge on any atom is -0.280 e. The highest BCUT2D eigenvalue weighted by molar-refractivity contribution is 7.92. The van der Waals surface area contributed by atoms with Gasteiger partial charge in [0.25, 0.3) is 10.0 Å². The number of benzene rings is 2. The van der Waals surface area contributed by atoms with E-state index in [1.54, 1.807) is 7.05 Å². The van der Waals surface area contributed by atoms with Crippen molar-refractivity contribution in [3.8, 4) is 0 Å². The summed E-state index contributed by atoms with van der Waals surface area (Å²) < 4.78 is 80.9. The Morgan fingerprint density at radius 1 is 0.931 bits per heavy atom. The number of rotatable bonds is 6. The van der Waals surface area contributed by atoms with Crippen molar-refractivity contribution in [1.82, 2.24) is 4.31 Å². The van der Waals surface area contributed by atoms with Crippen LogP contribution in [0.5, 0.6) is 0 Å². The lowest BCUT2D eigenvalue weighted by Gasteiger charge is -2.30. The lowest BCUT2D eigenvalue weighted by atomic mass is 9.96. The van der Waals surface area contributed by atoms with Gasteiger partial charge < -0.3 is 0 Å². The molecule has 3 rings (SSSR count). The summed E-state index contributed by atoms with van der Waals surface area (Å²) >= 11 is 0. The van der Waals surface area contributed by atoms with Gasteiger partial charge in [0.2, 0.25) is 10.0 Å². The minimum absolute atomic E-state index is 0.0328. The molecule has 0 radical (unpaired) electrons. The molecule has 158 valence electrons. The normalized spacial score (nSPS) is 16.1. The molecule has 0 heterocycles. The Morgan fingerprint density at radius 2 is 1.55 bits per heavy atom. The van der Waals surface area contributed by atoms with E-state index >= 15 is 0 Å². The zero-order chi connectivity index (χ0) is 21.2. The average molecular weight is 445 g/mol. The van der Waals surface area contributed by atoms with Crippen LogP contribution >= 0.6 is 0 Å². The molecule has 0 unspecified atom stereocenters. The van der Waals surface area contributed by atoms with E-state index in [0.29, 0.717) is 0 Å². The van der Waals surface area contributed by atoms with Crippen molar-refractivity contribution < 1.29 is 25.6 Å². The maximum Gasteiger partial charge on any atom is 0.264 e. The Morgan fingerprint density at radius 3 is 2.17 bits per heavy atom. The fourth-order valence-corrected chi connectivity index (χ4v) is 5.97. The summed E-state index contributed by atoms with van der Waals surface area (Å²) in [6.07, 6.45) is 4.70. The lowest BCUT2D eigenvalue weighted by molar-refractivity contribution is 0.286. The number of halogens is 2. The Bertz CT molecular complexity index is 1080. The molecule has 6 nitrogen and oxygen atoms in total. The first-order chi connectivity index (χ1) is 13.6. The third-order valence-corrected chi connectivity index (χ3v) is 8.40. The second-order valence-electron chi connectivity index (χ2n) is 6.99. The van der Waals surface area contributed by atoms with Crippen LogP contribution in [-0.2, 0) is 20.0 Å². The van der Waals surface area contributed by atoms with Gasteiger partial charge in [-0.05, 0) is 49.2 Å². The van der Waals surface area contributed by atoms with E-state index in [1.165, 1.54) is 28.6 Å². The molecule has 2 aromatic carbocycles. The molecule has 0 aromatic heterocycles. The van der Waals surface area contributed by atoms with Crippen molar-refractivity contribution in [3.05, 3.63) is 54.1 Å². The van der Waals surface area contributed by atoms with Crippen LogP contribution in [0.4, 0.5) is 14.5 Å². The topological polar surface area (TPSA) is 83.6 Å². The number of nitrogens with one attached hydrogen (secondary N) is 1. The number of anilines is 1. The highest BCUT2D eigenvalue weighted by Crippen LogP contribution is 2.27. The summed E-state index contributed by atoms with van der Waals surface area (Å²) in [5.41, 5.74) is 0.0351. The monoisotopic (exact) mass is 444 g/mol. The highest BCUT2D eigenvalue weighted by atomic mass is 32.2. The number of hydrogen-bond donors (Lipinski definition) is 1. The number of sulfonamides is 2. The van der Waals surface area contributed by atoms with Gasteiger partial charge in [-0.25, -0.2) is 25.6 Å². The van der Waals surface area contributed by atoms with E-state index < -0.39 is 36.6 Å². The van der Waals surface area contributed by atoms with Gasteiger partial charge >= 0.3 is 0 Å². The molecule has 0 amide bonds. The summed E-state index contributed by atoms with van der Waals surface area (Å²) in [4.78, 5) is -0.795. The second-order valence-corrected chi connectivity index (χ2v) is 10.6. The number of nitrogens with zero attached hydrogens (tertiary/aromatic N) is 1. The average Bonchev–Trinajstić information content (AvgIpc) is 2.70. The van der Waals surface area contributed by atoms with Crippen LogP contribution in [-0.4, -0.2) is 34.2 Å². The molecule has 1 aliphatic rings. The van der Waals surface area contributed by atoms with Crippen LogP contribution in [0.25, 0.3) is 0 Å². The predicted octanol–water partition coefficient (Wildman–Crippen LogP) is 3.72. The SMILES string of the molecule is CN(C1CCCCC1)S(=O)(=O)c1ccc(NS(=O)(=O)c2cccc(F)c2F)cc1. The third kappa shape index (κ3) is 4.59. The molecule has 0 bridgehead atoms. The summed E-state index contributed by atoms with van der Waals surface area (Å²) in [6, 6.07) is 7.91. The Kier molecular flexibility index (Phi) is 6.25. The van der Waals surface area contributed by atoms with E-state index in [-0.39, 0.29) is 16.6 Å². The van der Waals surface area contributed by atoms with E-state index in [9.17, 15) is 25.6 Å². The van der Waals surface area contributed by atoms with Crippen LogP contribution in [0, 0.1) is 11.6 Å². The highest BCUT2D eigenvalue weighted by Gasteiger charge is 2.29. The lowest BCUT2D eigenvalue weighted by Crippen LogP contribution is -2.38. The Hall–Kier alpha value is -2.04. The minimum atomic E-state index is -4.37. The van der Waals surface area contributed by atoms with Gasteiger partial charge in [-0.2, -0.15) is 4.31 Å². The second kappa shape index (κ2) is 8.37. The standard InChI is InChI=1S/C19H22F2N2O4S2/c1-23(15-6-3-2-4-7-15)29(26,27)16-12-10-14(11-13-16)22-28(24,25)18-9-5-8-17(20)19(18)21/h5,8-13,15,22H,2-4,6-7H2,1H3. The van der Waals surface area contributed by atoms with E-state index in [4.69, 9.17) is 0 Å². The van der Waals surface area contributed by atoms with Crippen molar-refractivity contribution in [1.29, 1.82) is 0 Å². The molecule has 10 heteroatoms. The molecule has 1 aliphatic carbocycles. The largest absolute Gasteiger partial charge is 0.280 e. The molecule has 0 aliphatic heterocycles. The fourth-order valence-electron chi connectivity index (χ4n) is 3.40. The molecule has 1 fully saturated rings.